The minimum absolute atomic E-state index is 0.00535. The maximum atomic E-state index is 16.0. The third kappa shape index (κ3) is 19.4. The molecule has 2 saturated heterocycles. The van der Waals surface area contributed by atoms with Crippen LogP contribution in [-0.4, -0.2) is 237 Å². The number of esters is 1. The first kappa shape index (κ1) is 97.5. The fourth-order valence-corrected chi connectivity index (χ4v) is 20.4. The summed E-state index contributed by atoms with van der Waals surface area (Å²) in [6, 6.07) is -0.679. The van der Waals surface area contributed by atoms with Crippen molar-refractivity contribution in [2.45, 2.75) is 221 Å². The van der Waals surface area contributed by atoms with Gasteiger partial charge in [-0.2, -0.15) is 0 Å². The second-order valence-corrected chi connectivity index (χ2v) is 36.9. The quantitative estimate of drug-likeness (QED) is 0.0631. The van der Waals surface area contributed by atoms with Crippen molar-refractivity contribution in [2.24, 2.45) is 51.9 Å². The molecule has 7 heterocycles. The molecule has 4 aliphatic carbocycles. The van der Waals surface area contributed by atoms with E-state index >= 15 is 14.4 Å². The number of nitrogens with one attached hydrogen (secondary N) is 7. The van der Waals surface area contributed by atoms with Gasteiger partial charge < -0.3 is 143 Å². The van der Waals surface area contributed by atoms with Crippen molar-refractivity contribution in [3.63, 3.8) is 0 Å². The Morgan fingerprint density at radius 2 is 1.34 bits per heavy atom. The molecule has 5 aromatic carbocycles. The highest BCUT2D eigenvalue weighted by atomic mass is 35.5. The van der Waals surface area contributed by atoms with Crippen molar-refractivity contribution in [2.75, 3.05) is 20.3 Å². The Hall–Kier alpha value is -11.0. The minimum atomic E-state index is -2.35. The number of carbonyl (C=O) groups is 11. The Balaban J connectivity index is 0.000000408. The average molecular weight is 1870 g/mol. The zero-order chi connectivity index (χ0) is 95.6. The van der Waals surface area contributed by atoms with E-state index in [-0.39, 0.29) is 75.7 Å². The predicted octanol–water partition coefficient (Wildman–Crippen LogP) is 2.48. The highest BCUT2D eigenvalue weighted by Gasteiger charge is 2.69. The van der Waals surface area contributed by atoms with E-state index in [0.29, 0.717) is 19.3 Å². The molecule has 26 atom stereocenters. The van der Waals surface area contributed by atoms with E-state index in [1.165, 1.54) is 40.0 Å². The number of halogens is 2. The van der Waals surface area contributed by atoms with Gasteiger partial charge in [-0.1, -0.05) is 87.7 Å². The molecule has 7 aliphatic heterocycles. The normalized spacial score (nSPS) is 33.5. The van der Waals surface area contributed by atoms with Gasteiger partial charge >= 0.3 is 11.9 Å². The minimum Gasteiger partial charge on any atom is -0.508 e. The van der Waals surface area contributed by atoms with E-state index in [1.807, 2.05) is 26.8 Å². The largest absolute Gasteiger partial charge is 0.508 e. The number of benzene rings is 5. The zero-order valence-electron chi connectivity index (χ0n) is 72.5. The van der Waals surface area contributed by atoms with E-state index in [0.717, 1.165) is 78.7 Å². The number of nitrogens with two attached hydrogens (primary N) is 2. The summed E-state index contributed by atoms with van der Waals surface area (Å²) < 4.78 is 43.2. The number of carboxylic acid groups (broad SMARTS) is 1. The van der Waals surface area contributed by atoms with Gasteiger partial charge in [0.05, 0.1) is 47.4 Å². The molecule has 706 valence electrons. The van der Waals surface area contributed by atoms with Gasteiger partial charge in [0.1, 0.15) is 95.1 Å². The number of aliphatic carboxylic acids is 1. The molecule has 0 spiro atoms. The number of ether oxygens (including phenoxy) is 7. The van der Waals surface area contributed by atoms with Crippen LogP contribution in [0, 0.1) is 40.4 Å². The molecule has 11 aliphatic rings. The van der Waals surface area contributed by atoms with Crippen LogP contribution in [0.1, 0.15) is 158 Å². The van der Waals surface area contributed by atoms with Gasteiger partial charge in [0, 0.05) is 58.4 Å². The number of hydrogen-bond donors (Lipinski definition) is 21. The van der Waals surface area contributed by atoms with E-state index in [2.05, 4.69) is 51.1 Å². The molecule has 23 N–H and O–H groups in total. The number of hydrogen-bond acceptors (Lipinski definition) is 31. The number of phenolic OH excluding ortho intramolecular Hbond substituents is 3. The van der Waals surface area contributed by atoms with Crippen molar-refractivity contribution in [3.05, 3.63) is 141 Å². The monoisotopic (exact) mass is 1860 g/mol. The fraction of sp³-hybridized carbons (Fsp3) is 0.500. The van der Waals surface area contributed by atoms with E-state index < -0.39 is 278 Å². The molecule has 3 saturated carbocycles. The first-order chi connectivity index (χ1) is 61.6. The number of amides is 7. The van der Waals surface area contributed by atoms with Crippen molar-refractivity contribution >= 4 is 88.1 Å². The van der Waals surface area contributed by atoms with Gasteiger partial charge in [-0.15, -0.1) is 0 Å². The second-order valence-electron chi connectivity index (χ2n) is 36.1. The number of phenols is 3. The molecule has 41 heteroatoms. The van der Waals surface area contributed by atoms with Gasteiger partial charge in [0.2, 0.25) is 59.2 Å². The van der Waals surface area contributed by atoms with Gasteiger partial charge in [0.25, 0.3) is 0 Å². The van der Waals surface area contributed by atoms with Crippen molar-refractivity contribution in [1.82, 2.24) is 37.2 Å². The number of aromatic hydroxyl groups is 3. The molecule has 1 unspecified atom stereocenters. The molecule has 39 nitrogen and oxygen atoms in total. The SMILES string of the molecule is CC(=O)OCC(=O)[C@@]1(O)CC[C@H]2[C@@H]3C[C@H](C)C4=CC(=O)C=C[C@]4(C)[C@H]3[C@@H](O)C[C@@]21C.CN[C@H](CC(C)C)C(=O)N[C@H]1C(=O)N[C@@H](CC(N)=O)C(=O)N[C@H]2C(=O)N[C@H]3C(=O)N[C@H](C(=O)N[C@@H](C(=O)O)c4cc(O)cc(O)c4-c4cc3ccc4O)[C@H](O)c3ccc(c(Cl)c3)Oc3cc2cc(c3O[C@@H]2O[C@H](CO)[C@@H](O)[C@H](O)[C@H]2O[C@H]2C[C@](C)(N)C(O)[C@H](C)O2)Oc2ccc(cc2Cl)[C@H]1O. The van der Waals surface area contributed by atoms with Crippen LogP contribution >= 0.6 is 23.2 Å². The third-order valence-electron chi connectivity index (χ3n) is 26.6. The molecule has 5 aromatic rings. The number of rotatable bonds is 16. The number of carboxylic acids is 1. The second kappa shape index (κ2) is 38.3. The number of primary amides is 1. The van der Waals surface area contributed by atoms with Crippen molar-refractivity contribution in [3.8, 4) is 57.1 Å². The Morgan fingerprint density at radius 1 is 0.718 bits per heavy atom. The summed E-state index contributed by atoms with van der Waals surface area (Å²) in [5, 5.41) is 153. The molecular formula is C90H107Cl2N9O30. The summed E-state index contributed by atoms with van der Waals surface area (Å²) in [6.45, 7) is 12.6. The highest BCUT2D eigenvalue weighted by molar-refractivity contribution is 6.32. The number of aliphatic hydroxyl groups excluding tert-OH is 7. The summed E-state index contributed by atoms with van der Waals surface area (Å²) in [6.07, 6.45) is -11.8. The number of carbonyl (C=O) groups excluding carboxylic acids is 10. The molecular weight excluding hydrogens is 1760 g/mol. The topological polar surface area (TPSA) is 631 Å². The molecule has 0 aromatic heterocycles. The maximum absolute atomic E-state index is 16.0. The first-order valence-electron chi connectivity index (χ1n) is 42.6. The maximum Gasteiger partial charge on any atom is 0.330 e. The van der Waals surface area contributed by atoms with Gasteiger partial charge in [0.15, 0.2) is 42.3 Å². The Bertz CT molecular complexity index is 5430. The van der Waals surface area contributed by atoms with Crippen LogP contribution in [0.25, 0.3) is 11.1 Å². The van der Waals surface area contributed by atoms with Crippen LogP contribution in [0.15, 0.2) is 103 Å². The van der Waals surface area contributed by atoms with Crippen LogP contribution in [0.5, 0.6) is 46.0 Å². The lowest BCUT2D eigenvalue weighted by molar-refractivity contribution is -0.333. The molecule has 16 rings (SSSR count). The van der Waals surface area contributed by atoms with Crippen molar-refractivity contribution < 1.29 is 147 Å². The summed E-state index contributed by atoms with van der Waals surface area (Å²) in [5.41, 5.74) is 6.29. The molecule has 7 amide bonds. The Kier molecular flexibility index (Phi) is 28.5. The van der Waals surface area contributed by atoms with E-state index in [9.17, 15) is 99.6 Å². The number of aliphatic hydroxyl groups is 8. The summed E-state index contributed by atoms with van der Waals surface area (Å²) >= 11 is 14.1. The van der Waals surface area contributed by atoms with Crippen LogP contribution in [-0.2, 0) is 71.7 Å². The van der Waals surface area contributed by atoms with Crippen LogP contribution in [0.3, 0.4) is 0 Å². The van der Waals surface area contributed by atoms with Gasteiger partial charge in [-0.05, 0) is 166 Å². The summed E-state index contributed by atoms with van der Waals surface area (Å²) in [7, 11) is 1.47. The van der Waals surface area contributed by atoms with Crippen LogP contribution in [0.4, 0.5) is 0 Å². The highest BCUT2D eigenvalue weighted by Crippen LogP contribution is 2.68. The smallest absolute Gasteiger partial charge is 0.330 e. The van der Waals surface area contributed by atoms with Crippen molar-refractivity contribution in [1.29, 1.82) is 0 Å². The molecule has 131 heavy (non-hydrogen) atoms. The molecule has 0 radical (unpaired) electrons. The Labute approximate surface area is 759 Å². The summed E-state index contributed by atoms with van der Waals surface area (Å²) in [4.78, 5) is 153. The third-order valence-corrected chi connectivity index (χ3v) is 27.2. The number of fused-ring (bicyclic) bond motifs is 20. The zero-order valence-corrected chi connectivity index (χ0v) is 74.0. The van der Waals surface area contributed by atoms with Gasteiger partial charge in [-0.3, -0.25) is 47.9 Å². The number of Topliss-reactive ketones (excluding diaryl/α,β-unsaturated/α-hetero) is 1. The average Bonchev–Trinajstić information content (AvgIpc) is 1.57. The first-order valence-corrected chi connectivity index (χ1v) is 43.3. The lowest BCUT2D eigenvalue weighted by Crippen LogP contribution is -2.64. The van der Waals surface area contributed by atoms with E-state index in [4.69, 9.17) is 67.8 Å². The number of allylic oxidation sites excluding steroid dienone is 4. The van der Waals surface area contributed by atoms with Crippen LogP contribution in [0.2, 0.25) is 10.0 Å². The van der Waals surface area contributed by atoms with E-state index in [1.54, 1.807) is 12.2 Å². The standard InChI is InChI=1S/C66H75Cl2N9O24.C24H32O6/c1-23(2)12-34(71-5)58(88)76-49-51(83)26-7-10-38(32(67)14-26)97-40-16-28-17-41(55(40)101-65-56(54(86)53(85)42(22-78)99-65)100-44-21-66(4,70)57(87)24(3)96-44)98-39-11-8-27(15-33(39)68)52(84)50-63(93)75-48(64(94)95)31-18-29(79)19-37(81)45(31)30-13-25(6-9-36(30)80)46(60(90)77-50)74-61(91)47(28)73-59(89)35(20-43(69)82)72-62(49)92;1-13-9-16-17-6-8-24(29,20(28)12-30-14(2)25)23(17,4)11-19(27)21(16)22(3)7-5-15(26)10-18(13)22/h6-11,13-19,23-24,34-35,42,44,46-54,56-57,65,71,78-81,83-87H,12,20-22,70H2,1-5H3,(H2,69,82)(H,72,92)(H,73,89)(H,74,91)(H,75,93)(H,76,88)(H,77,90)(H,94,95);5,7,10,13,16-17,19,21,27,29H,6,8-9,11-12H2,1-4H3/t24-,34+,35-,42+,44-,46+,47+,48+,49+,50-,51+,52+,53+,54-,56+,57?,65-,66-;13-,16-,17-,19-,21+,22-,23-,24-/m00/s1. The number of likely N-dealkylation sites (N-methyl/N-ethyl adjacent to an activating group) is 1. The number of ketones is 2. The lowest BCUT2D eigenvalue weighted by atomic mass is 9.45. The summed E-state index contributed by atoms with van der Waals surface area (Å²) in [5.74, 6) is -16.7. The fourth-order valence-electron chi connectivity index (χ4n) is 20.0. The molecule has 5 fully saturated rings. The Morgan fingerprint density at radius 3 is 1.95 bits per heavy atom. The lowest BCUT2D eigenvalue weighted by Gasteiger charge is -2.60. The predicted molar refractivity (Wildman–Crippen MR) is 458 cm³/mol. The van der Waals surface area contributed by atoms with Gasteiger partial charge in [-0.25, -0.2) is 4.79 Å². The van der Waals surface area contributed by atoms with Crippen LogP contribution < -0.4 is 62.9 Å². The molecule has 11 bridgehead atoms.